The third-order valence-corrected chi connectivity index (χ3v) is 3.36. The number of hydrogen-bond donors (Lipinski definition) is 2. The fourth-order valence-electron chi connectivity index (χ4n) is 2.23. The Morgan fingerprint density at radius 1 is 1.25 bits per heavy atom. The van der Waals surface area contributed by atoms with Crippen molar-refractivity contribution in [3.63, 3.8) is 0 Å². The molecule has 0 aliphatic carbocycles. The molecule has 0 amide bonds. The minimum Gasteiger partial charge on any atom is -0.357 e. The van der Waals surface area contributed by atoms with Gasteiger partial charge in [0.2, 0.25) is 0 Å². The number of pyridine rings is 1. The van der Waals surface area contributed by atoms with Crippen LogP contribution in [-0.4, -0.2) is 40.4 Å². The van der Waals surface area contributed by atoms with Crippen LogP contribution in [0.1, 0.15) is 19.5 Å². The van der Waals surface area contributed by atoms with E-state index in [9.17, 15) is 0 Å². The molecule has 0 fully saturated rings. The van der Waals surface area contributed by atoms with Gasteiger partial charge in [-0.05, 0) is 31.0 Å². The highest BCUT2D eigenvalue weighted by molar-refractivity contribution is 14.0. The average Bonchev–Trinajstić information content (AvgIpc) is 3.06. The summed E-state index contributed by atoms with van der Waals surface area (Å²) < 4.78 is 1.95. The molecule has 0 saturated heterocycles. The first-order valence-corrected chi connectivity index (χ1v) is 8.17. The molecule has 2 N–H and O–H groups in total. The van der Waals surface area contributed by atoms with Crippen LogP contribution in [0, 0.1) is 5.92 Å². The normalized spacial score (nSPS) is 12.3. The lowest BCUT2D eigenvalue weighted by molar-refractivity contribution is 0.458. The van der Waals surface area contributed by atoms with Crippen molar-refractivity contribution in [1.82, 2.24) is 25.4 Å². The van der Waals surface area contributed by atoms with E-state index in [1.54, 1.807) is 6.20 Å². The number of aliphatic imine (C=N–C) groups is 1. The van der Waals surface area contributed by atoms with Crippen molar-refractivity contribution >= 4 is 29.9 Å². The number of nitrogens with zero attached hydrogens (tertiary/aromatic N) is 4. The van der Waals surface area contributed by atoms with Crippen LogP contribution in [0.25, 0.3) is 0 Å². The molecular weight excluding hydrogens is 415 g/mol. The maximum atomic E-state index is 4.66. The lowest BCUT2D eigenvalue weighted by Crippen LogP contribution is -2.38. The smallest absolute Gasteiger partial charge is 0.191 e. The Bertz CT molecular complexity index is 570. The van der Waals surface area contributed by atoms with Gasteiger partial charge in [0.05, 0.1) is 0 Å². The Morgan fingerprint density at radius 2 is 2.12 bits per heavy atom. The van der Waals surface area contributed by atoms with Crippen LogP contribution in [0.4, 0.5) is 0 Å². The second-order valence-electron chi connectivity index (χ2n) is 5.55. The second-order valence-corrected chi connectivity index (χ2v) is 5.55. The Labute approximate surface area is 161 Å². The van der Waals surface area contributed by atoms with E-state index in [0.29, 0.717) is 5.92 Å². The van der Waals surface area contributed by atoms with E-state index in [1.165, 1.54) is 0 Å². The Kier molecular flexibility index (Phi) is 10.1. The molecule has 2 heterocycles. The maximum Gasteiger partial charge on any atom is 0.191 e. The van der Waals surface area contributed by atoms with Gasteiger partial charge in [0.1, 0.15) is 0 Å². The highest BCUT2D eigenvalue weighted by atomic mass is 127. The molecule has 0 aliphatic heterocycles. The number of hydrogen-bond acceptors (Lipinski definition) is 3. The van der Waals surface area contributed by atoms with Crippen LogP contribution < -0.4 is 10.6 Å². The highest BCUT2D eigenvalue weighted by Gasteiger charge is 2.04. The molecule has 2 aromatic rings. The van der Waals surface area contributed by atoms with E-state index in [1.807, 2.05) is 41.3 Å². The Morgan fingerprint density at radius 3 is 2.79 bits per heavy atom. The molecule has 0 saturated carbocycles. The summed E-state index contributed by atoms with van der Waals surface area (Å²) in [7, 11) is 0. The van der Waals surface area contributed by atoms with Crippen molar-refractivity contribution in [1.29, 1.82) is 0 Å². The van der Waals surface area contributed by atoms with Crippen molar-refractivity contribution in [2.45, 2.75) is 26.8 Å². The SMILES string of the molecule is CCNC(=NCC(C)Cn1cccn1)NCCc1ccccn1.I. The third kappa shape index (κ3) is 7.76. The molecule has 6 nitrogen and oxygen atoms in total. The number of nitrogens with one attached hydrogen (secondary N) is 2. The van der Waals surface area contributed by atoms with Gasteiger partial charge in [-0.1, -0.05) is 13.0 Å². The number of rotatable bonds is 8. The van der Waals surface area contributed by atoms with E-state index >= 15 is 0 Å². The van der Waals surface area contributed by atoms with Crippen LogP contribution in [0.2, 0.25) is 0 Å². The summed E-state index contributed by atoms with van der Waals surface area (Å²) in [5.74, 6) is 1.29. The second kappa shape index (κ2) is 11.8. The molecule has 0 aromatic carbocycles. The van der Waals surface area contributed by atoms with Gasteiger partial charge in [0.25, 0.3) is 0 Å². The quantitative estimate of drug-likeness (QED) is 0.374. The molecule has 2 rings (SSSR count). The van der Waals surface area contributed by atoms with Gasteiger partial charge in [0.15, 0.2) is 5.96 Å². The van der Waals surface area contributed by atoms with E-state index in [-0.39, 0.29) is 24.0 Å². The Balaban J connectivity index is 0.00000288. The van der Waals surface area contributed by atoms with Gasteiger partial charge in [0, 0.05) is 56.9 Å². The van der Waals surface area contributed by atoms with Crippen LogP contribution in [0.5, 0.6) is 0 Å². The predicted octanol–water partition coefficient (Wildman–Crippen LogP) is 2.33. The molecule has 0 radical (unpaired) electrons. The van der Waals surface area contributed by atoms with Crippen molar-refractivity contribution < 1.29 is 0 Å². The van der Waals surface area contributed by atoms with Crippen LogP contribution >= 0.6 is 24.0 Å². The van der Waals surface area contributed by atoms with Crippen LogP contribution in [-0.2, 0) is 13.0 Å². The largest absolute Gasteiger partial charge is 0.357 e. The first-order valence-electron chi connectivity index (χ1n) is 8.17. The lowest BCUT2D eigenvalue weighted by Gasteiger charge is -2.13. The van der Waals surface area contributed by atoms with Gasteiger partial charge >= 0.3 is 0 Å². The fourth-order valence-corrected chi connectivity index (χ4v) is 2.23. The molecule has 0 spiro atoms. The first-order chi connectivity index (χ1) is 11.3. The van der Waals surface area contributed by atoms with Gasteiger partial charge in [-0.3, -0.25) is 14.7 Å². The summed E-state index contributed by atoms with van der Waals surface area (Å²) in [4.78, 5) is 8.99. The monoisotopic (exact) mass is 442 g/mol. The summed E-state index contributed by atoms with van der Waals surface area (Å²) in [6.45, 7) is 7.56. The lowest BCUT2D eigenvalue weighted by atomic mass is 10.2. The van der Waals surface area contributed by atoms with Crippen LogP contribution in [0.15, 0.2) is 47.8 Å². The maximum absolute atomic E-state index is 4.66. The molecular formula is C17H27IN6. The van der Waals surface area contributed by atoms with Crippen molar-refractivity contribution in [2.24, 2.45) is 10.9 Å². The number of halogens is 1. The van der Waals surface area contributed by atoms with Crippen molar-refractivity contribution in [3.8, 4) is 0 Å². The van der Waals surface area contributed by atoms with Gasteiger partial charge in [-0.15, -0.1) is 24.0 Å². The van der Waals surface area contributed by atoms with Crippen molar-refractivity contribution in [2.75, 3.05) is 19.6 Å². The van der Waals surface area contributed by atoms with Crippen LogP contribution in [0.3, 0.4) is 0 Å². The zero-order chi connectivity index (χ0) is 16.3. The average molecular weight is 442 g/mol. The topological polar surface area (TPSA) is 67.1 Å². The van der Waals surface area contributed by atoms with E-state index < -0.39 is 0 Å². The summed E-state index contributed by atoms with van der Waals surface area (Å²) in [6.07, 6.45) is 6.50. The first kappa shape index (κ1) is 20.4. The zero-order valence-corrected chi connectivity index (χ0v) is 16.7. The van der Waals surface area contributed by atoms with Gasteiger partial charge < -0.3 is 10.6 Å². The van der Waals surface area contributed by atoms with Gasteiger partial charge in [-0.2, -0.15) is 5.10 Å². The minimum atomic E-state index is 0. The summed E-state index contributed by atoms with van der Waals surface area (Å²) in [5.41, 5.74) is 1.09. The van der Waals surface area contributed by atoms with E-state index in [4.69, 9.17) is 0 Å². The molecule has 24 heavy (non-hydrogen) atoms. The summed E-state index contributed by atoms with van der Waals surface area (Å²) in [5, 5.41) is 10.9. The van der Waals surface area contributed by atoms with Crippen molar-refractivity contribution in [3.05, 3.63) is 48.5 Å². The molecule has 2 aromatic heterocycles. The Hall–Kier alpha value is -1.64. The summed E-state index contributed by atoms with van der Waals surface area (Å²) in [6, 6.07) is 7.93. The zero-order valence-electron chi connectivity index (χ0n) is 14.4. The standard InChI is InChI=1S/C17H26N6.HI/c1-3-18-17(20-11-8-16-7-4-5-9-19-16)21-13-15(2)14-23-12-6-10-22-23;/h4-7,9-10,12,15H,3,8,11,13-14H2,1-2H3,(H2,18,20,21);1H. The highest BCUT2D eigenvalue weighted by Crippen LogP contribution is 2.00. The number of guanidine groups is 1. The predicted molar refractivity (Wildman–Crippen MR) is 109 cm³/mol. The molecule has 1 atom stereocenters. The molecule has 7 heteroatoms. The minimum absolute atomic E-state index is 0. The molecule has 1 unspecified atom stereocenters. The van der Waals surface area contributed by atoms with E-state index in [0.717, 1.165) is 44.3 Å². The van der Waals surface area contributed by atoms with E-state index in [2.05, 4.69) is 39.6 Å². The molecule has 132 valence electrons. The fraction of sp³-hybridized carbons (Fsp3) is 0.471. The molecule has 0 bridgehead atoms. The third-order valence-electron chi connectivity index (χ3n) is 3.36. The van der Waals surface area contributed by atoms with Gasteiger partial charge in [-0.25, -0.2) is 0 Å². The summed E-state index contributed by atoms with van der Waals surface area (Å²) >= 11 is 0. The number of aromatic nitrogens is 3. The molecule has 0 aliphatic rings.